The van der Waals surface area contributed by atoms with Gasteiger partial charge in [-0.1, -0.05) is 13.8 Å². The van der Waals surface area contributed by atoms with Gasteiger partial charge in [0.25, 0.3) is 0 Å². The molecule has 0 bridgehead atoms. The molecule has 1 fully saturated rings. The van der Waals surface area contributed by atoms with E-state index in [1.807, 2.05) is 11.3 Å². The van der Waals surface area contributed by atoms with Crippen LogP contribution in [0.3, 0.4) is 0 Å². The Balaban J connectivity index is 1.77. The zero-order valence-corrected chi connectivity index (χ0v) is 13.2. The van der Waals surface area contributed by atoms with Crippen molar-refractivity contribution in [1.82, 2.24) is 9.88 Å². The quantitative estimate of drug-likeness (QED) is 0.830. The van der Waals surface area contributed by atoms with Crippen LogP contribution in [0.2, 0.25) is 0 Å². The van der Waals surface area contributed by atoms with Gasteiger partial charge in [0.2, 0.25) is 0 Å². The molecule has 0 spiro atoms. The summed E-state index contributed by atoms with van der Waals surface area (Å²) in [6.07, 6.45) is 4.12. The summed E-state index contributed by atoms with van der Waals surface area (Å²) in [5, 5.41) is 0. The van der Waals surface area contributed by atoms with Crippen LogP contribution in [0.25, 0.3) is 0 Å². The fourth-order valence-electron chi connectivity index (χ4n) is 3.03. The zero-order valence-electron chi connectivity index (χ0n) is 12.4. The average molecular weight is 290 g/mol. The Bertz CT molecular complexity index is 573. The van der Waals surface area contributed by atoms with Crippen LogP contribution < -0.4 is 0 Å². The topological polar surface area (TPSA) is 29.3 Å². The highest BCUT2D eigenvalue weighted by Crippen LogP contribution is 2.37. The molecule has 3 rings (SSSR count). The minimum Gasteiger partial charge on any atom is -0.448 e. The first kappa shape index (κ1) is 13.8. The van der Waals surface area contributed by atoms with Gasteiger partial charge in [-0.15, -0.1) is 11.3 Å². The molecule has 0 amide bonds. The van der Waals surface area contributed by atoms with Gasteiger partial charge in [-0.3, -0.25) is 4.90 Å². The van der Waals surface area contributed by atoms with Gasteiger partial charge >= 0.3 is 0 Å². The van der Waals surface area contributed by atoms with Crippen molar-refractivity contribution < 1.29 is 4.42 Å². The van der Waals surface area contributed by atoms with Gasteiger partial charge in [0.1, 0.15) is 5.76 Å². The van der Waals surface area contributed by atoms with Crippen molar-refractivity contribution in [2.24, 2.45) is 0 Å². The summed E-state index contributed by atoms with van der Waals surface area (Å²) >= 11 is 1.93. The van der Waals surface area contributed by atoms with Gasteiger partial charge in [-0.2, -0.15) is 0 Å². The van der Waals surface area contributed by atoms with Gasteiger partial charge < -0.3 is 4.42 Å². The first-order valence-electron chi connectivity index (χ1n) is 7.38. The van der Waals surface area contributed by atoms with Crippen LogP contribution in [-0.2, 0) is 6.54 Å². The molecular formula is C16H22N2OS. The summed E-state index contributed by atoms with van der Waals surface area (Å²) < 4.78 is 5.55. The van der Waals surface area contributed by atoms with Gasteiger partial charge in [-0.25, -0.2) is 4.98 Å². The minimum atomic E-state index is 0.400. The molecule has 20 heavy (non-hydrogen) atoms. The Morgan fingerprint density at radius 2 is 2.30 bits per heavy atom. The summed E-state index contributed by atoms with van der Waals surface area (Å²) in [4.78, 5) is 9.87. The summed E-state index contributed by atoms with van der Waals surface area (Å²) in [6, 6.07) is 5.08. The molecule has 1 aliphatic rings. The highest BCUT2D eigenvalue weighted by molar-refractivity contribution is 7.12. The van der Waals surface area contributed by atoms with E-state index < -0.39 is 0 Å². The summed E-state index contributed by atoms with van der Waals surface area (Å²) in [5.74, 6) is 1.44. The minimum absolute atomic E-state index is 0.400. The van der Waals surface area contributed by atoms with Crippen molar-refractivity contribution in [1.29, 1.82) is 0 Å². The fourth-order valence-corrected chi connectivity index (χ4v) is 4.08. The third-order valence-electron chi connectivity index (χ3n) is 4.00. The van der Waals surface area contributed by atoms with Gasteiger partial charge in [-0.05, 0) is 38.4 Å². The van der Waals surface area contributed by atoms with E-state index in [0.717, 1.165) is 24.5 Å². The smallest absolute Gasteiger partial charge is 0.181 e. The first-order valence-corrected chi connectivity index (χ1v) is 8.19. The summed E-state index contributed by atoms with van der Waals surface area (Å²) in [6.45, 7) is 8.57. The van der Waals surface area contributed by atoms with E-state index in [9.17, 15) is 0 Å². The maximum Gasteiger partial charge on any atom is 0.181 e. The predicted molar refractivity (Wildman–Crippen MR) is 82.0 cm³/mol. The maximum atomic E-state index is 5.55. The lowest BCUT2D eigenvalue weighted by Crippen LogP contribution is -2.23. The molecule has 0 N–H and O–H groups in total. The van der Waals surface area contributed by atoms with Crippen LogP contribution >= 0.6 is 11.3 Å². The van der Waals surface area contributed by atoms with Crippen molar-refractivity contribution in [2.45, 2.75) is 52.1 Å². The van der Waals surface area contributed by atoms with Crippen LogP contribution in [0.5, 0.6) is 0 Å². The molecule has 0 radical (unpaired) electrons. The van der Waals surface area contributed by atoms with Crippen LogP contribution in [0, 0.1) is 6.92 Å². The molecule has 1 aliphatic heterocycles. The van der Waals surface area contributed by atoms with E-state index >= 15 is 0 Å². The lowest BCUT2D eigenvalue weighted by atomic mass is 10.1. The van der Waals surface area contributed by atoms with Crippen molar-refractivity contribution in [2.75, 3.05) is 6.54 Å². The van der Waals surface area contributed by atoms with Gasteiger partial charge in [0, 0.05) is 28.3 Å². The van der Waals surface area contributed by atoms with Gasteiger partial charge in [0.05, 0.1) is 5.69 Å². The number of aryl methyl sites for hydroxylation is 1. The molecule has 0 aliphatic carbocycles. The van der Waals surface area contributed by atoms with Crippen molar-refractivity contribution >= 4 is 11.3 Å². The molecule has 2 aromatic rings. The Hall–Kier alpha value is -1.13. The van der Waals surface area contributed by atoms with E-state index in [0.29, 0.717) is 12.0 Å². The molecule has 0 aromatic carbocycles. The van der Waals surface area contributed by atoms with Crippen LogP contribution in [0.1, 0.15) is 59.9 Å². The molecule has 0 saturated carbocycles. The summed E-state index contributed by atoms with van der Waals surface area (Å²) in [7, 11) is 0. The second-order valence-corrected chi connectivity index (χ2v) is 7.21. The normalized spacial score (nSPS) is 20.1. The molecule has 108 valence electrons. The Kier molecular flexibility index (Phi) is 3.94. The van der Waals surface area contributed by atoms with E-state index in [4.69, 9.17) is 4.42 Å². The second kappa shape index (κ2) is 5.70. The van der Waals surface area contributed by atoms with E-state index in [1.54, 1.807) is 6.39 Å². The van der Waals surface area contributed by atoms with E-state index in [1.165, 1.54) is 22.6 Å². The predicted octanol–water partition coefficient (Wildman–Crippen LogP) is 4.51. The lowest BCUT2D eigenvalue weighted by molar-refractivity contribution is 0.246. The number of oxazole rings is 1. The summed E-state index contributed by atoms with van der Waals surface area (Å²) in [5.41, 5.74) is 1.11. The first-order chi connectivity index (χ1) is 9.65. The van der Waals surface area contributed by atoms with Crippen molar-refractivity contribution in [3.05, 3.63) is 39.7 Å². The largest absolute Gasteiger partial charge is 0.448 e. The Labute approximate surface area is 124 Å². The fraction of sp³-hybridized carbons (Fsp3) is 0.562. The molecular weight excluding hydrogens is 268 g/mol. The molecule has 1 atom stereocenters. The second-order valence-electron chi connectivity index (χ2n) is 5.89. The van der Waals surface area contributed by atoms with Crippen LogP contribution in [-0.4, -0.2) is 16.4 Å². The Morgan fingerprint density at radius 1 is 1.45 bits per heavy atom. The van der Waals surface area contributed by atoms with Crippen molar-refractivity contribution in [3.8, 4) is 0 Å². The molecule has 3 heterocycles. The molecule has 2 aromatic heterocycles. The van der Waals surface area contributed by atoms with Gasteiger partial charge in [0.15, 0.2) is 6.39 Å². The lowest BCUT2D eigenvalue weighted by Gasteiger charge is -2.23. The number of likely N-dealkylation sites (tertiary alicyclic amines) is 1. The molecule has 3 nitrogen and oxygen atoms in total. The van der Waals surface area contributed by atoms with Crippen LogP contribution in [0.15, 0.2) is 22.9 Å². The molecule has 1 saturated heterocycles. The Morgan fingerprint density at radius 3 is 3.00 bits per heavy atom. The highest BCUT2D eigenvalue weighted by atomic mass is 32.1. The molecule has 4 heteroatoms. The highest BCUT2D eigenvalue weighted by Gasteiger charge is 2.28. The zero-order chi connectivity index (χ0) is 14.1. The number of aromatic nitrogens is 1. The number of nitrogens with zero attached hydrogens (tertiary/aromatic N) is 2. The number of rotatable bonds is 4. The number of hydrogen-bond acceptors (Lipinski definition) is 4. The number of thiophene rings is 1. The SMILES string of the molecule is Cc1ccc([C@H]2CCCN2Cc2ncoc2C(C)C)s1. The van der Waals surface area contributed by atoms with E-state index in [-0.39, 0.29) is 0 Å². The number of hydrogen-bond donors (Lipinski definition) is 0. The molecule has 0 unspecified atom stereocenters. The van der Waals surface area contributed by atoms with E-state index in [2.05, 4.69) is 42.8 Å². The third-order valence-corrected chi connectivity index (χ3v) is 5.11. The maximum absolute atomic E-state index is 5.55. The monoisotopic (exact) mass is 290 g/mol. The van der Waals surface area contributed by atoms with Crippen molar-refractivity contribution in [3.63, 3.8) is 0 Å². The standard InChI is InChI=1S/C16H22N2OS/c1-11(2)16-13(17-10-19-16)9-18-8-4-5-14(18)15-7-6-12(3)20-15/h6-7,10-11,14H,4-5,8-9H2,1-3H3/t14-/m1/s1. The van der Waals surface area contributed by atoms with Crippen LogP contribution in [0.4, 0.5) is 0 Å². The average Bonchev–Trinajstić information content (AvgIpc) is 3.09. The third kappa shape index (κ3) is 2.67.